The summed E-state index contributed by atoms with van der Waals surface area (Å²) in [7, 11) is 0. The first-order valence-corrected chi connectivity index (χ1v) is 38.9. The van der Waals surface area contributed by atoms with E-state index in [9.17, 15) is 38.9 Å². The maximum Gasteiger partial charge on any atom is 0.254 e. The SMILES string of the molecule is Cc1noc(C)c1-c1ccc2c(c1)C(N)(c1ccc(F)cc1)C(=O)N2.Cc1noc(C)c1-c1ccc2c(c1)C(c1ccccc1)(N1CC(O)C1)C(=O)N2.Cc1noc(C)c1-c1ccc2c(c1)C(c1ccsc1)(N1CCC(O)CC1)C(=O)N2.Cc1noc(C)c1-c1ccc2c(c1)C(c1ccsc1)(N1CCCC(O)C1)C(=O)N2. The highest BCUT2D eigenvalue weighted by Crippen LogP contribution is 2.53. The van der Waals surface area contributed by atoms with Gasteiger partial charge >= 0.3 is 0 Å². The highest BCUT2D eigenvalue weighted by molar-refractivity contribution is 7.08. The number of aryl methyl sites for hydroxylation is 8. The molecule has 3 fully saturated rings. The van der Waals surface area contributed by atoms with Crippen LogP contribution < -0.4 is 27.0 Å². The lowest BCUT2D eigenvalue weighted by molar-refractivity contribution is -0.133. The fourth-order valence-corrected chi connectivity index (χ4v) is 18.9. The van der Waals surface area contributed by atoms with Gasteiger partial charge in [0.2, 0.25) is 0 Å². The normalized spacial score (nSPS) is 22.2. The molecule has 5 unspecified atom stereocenters. The molecule has 568 valence electrons. The fraction of sp³-hybridized carbons (Fsp3) is 0.294. The lowest BCUT2D eigenvalue weighted by Gasteiger charge is -2.48. The molecule has 6 aromatic heterocycles. The number of thiophene rings is 2. The van der Waals surface area contributed by atoms with Gasteiger partial charge in [-0.15, -0.1) is 0 Å². The molecule has 0 spiro atoms. The molecule has 3 saturated heterocycles. The van der Waals surface area contributed by atoms with Crippen LogP contribution in [-0.2, 0) is 41.3 Å². The summed E-state index contributed by atoms with van der Waals surface area (Å²) < 4.78 is 34.6. The molecule has 13 heterocycles. The number of benzene rings is 6. The van der Waals surface area contributed by atoms with E-state index in [1.807, 2.05) is 173 Å². The van der Waals surface area contributed by atoms with Gasteiger partial charge in [-0.1, -0.05) is 87.4 Å². The summed E-state index contributed by atoms with van der Waals surface area (Å²) in [5.74, 6) is 2.07. The number of aliphatic hydroxyl groups is 3. The maximum atomic E-state index is 13.5. The molecule has 19 rings (SSSR count). The fourth-order valence-electron chi connectivity index (χ4n) is 17.5. The third-order valence-electron chi connectivity index (χ3n) is 22.8. The van der Waals surface area contributed by atoms with Gasteiger partial charge in [-0.3, -0.25) is 33.9 Å². The number of halogens is 1. The van der Waals surface area contributed by atoms with E-state index in [1.165, 1.54) is 24.3 Å². The Morgan fingerprint density at radius 2 is 0.793 bits per heavy atom. The second-order valence-corrected chi connectivity index (χ2v) is 31.1. The Morgan fingerprint density at radius 1 is 0.414 bits per heavy atom. The van der Waals surface area contributed by atoms with Crippen molar-refractivity contribution in [3.05, 3.63) is 257 Å². The molecule has 5 atom stereocenters. The van der Waals surface area contributed by atoms with Crippen molar-refractivity contribution in [2.24, 2.45) is 5.73 Å². The van der Waals surface area contributed by atoms with E-state index in [4.69, 9.17) is 23.8 Å². The number of aromatic nitrogens is 4. The number of nitrogens with one attached hydrogen (secondary N) is 4. The molecule has 7 aliphatic heterocycles. The van der Waals surface area contributed by atoms with Crippen molar-refractivity contribution in [2.75, 3.05) is 60.5 Å². The van der Waals surface area contributed by atoms with Gasteiger partial charge in [0.05, 0.1) is 41.1 Å². The van der Waals surface area contributed by atoms with Crippen LogP contribution in [0, 0.1) is 61.2 Å². The highest BCUT2D eigenvalue weighted by atomic mass is 32.1. The predicted octanol–water partition coefficient (Wildman–Crippen LogP) is 13.4. The Balaban J connectivity index is 0.000000112. The van der Waals surface area contributed by atoms with Crippen LogP contribution in [0.25, 0.3) is 44.5 Å². The number of nitrogens with zero attached hydrogens (tertiary/aromatic N) is 7. The van der Waals surface area contributed by atoms with Crippen LogP contribution in [-0.4, -0.2) is 132 Å². The predicted molar refractivity (Wildman–Crippen MR) is 420 cm³/mol. The largest absolute Gasteiger partial charge is 0.393 e. The van der Waals surface area contributed by atoms with Crippen molar-refractivity contribution in [3.8, 4) is 44.5 Å². The number of aliphatic hydroxyl groups excluding tert-OH is 3. The van der Waals surface area contributed by atoms with Crippen molar-refractivity contribution in [3.63, 3.8) is 0 Å². The number of nitrogens with two attached hydrogens (primary N) is 1. The summed E-state index contributed by atoms with van der Waals surface area (Å²) >= 11 is 3.17. The van der Waals surface area contributed by atoms with E-state index in [0.29, 0.717) is 68.1 Å². The number of rotatable bonds is 11. The zero-order valence-electron chi connectivity index (χ0n) is 62.4. The third kappa shape index (κ3) is 12.3. The minimum absolute atomic E-state index is 0.0294. The molecule has 23 nitrogen and oxygen atoms in total. The summed E-state index contributed by atoms with van der Waals surface area (Å²) in [5, 5.41) is 66.8. The number of likely N-dealkylation sites (tertiary alicyclic amines) is 3. The van der Waals surface area contributed by atoms with Crippen molar-refractivity contribution in [1.29, 1.82) is 0 Å². The van der Waals surface area contributed by atoms with Crippen molar-refractivity contribution < 1.29 is 57.0 Å². The molecule has 9 N–H and O–H groups in total. The Kier molecular flexibility index (Phi) is 19.4. The smallest absolute Gasteiger partial charge is 0.254 e. The Morgan fingerprint density at radius 3 is 1.17 bits per heavy atom. The van der Waals surface area contributed by atoms with Crippen molar-refractivity contribution >= 4 is 69.1 Å². The lowest BCUT2D eigenvalue weighted by Crippen LogP contribution is -2.63. The molecule has 26 heteroatoms. The van der Waals surface area contributed by atoms with Gasteiger partial charge < -0.3 is 60.4 Å². The molecule has 0 bridgehead atoms. The maximum absolute atomic E-state index is 13.5. The average molecular weight is 1530 g/mol. The molecule has 0 saturated carbocycles. The first kappa shape index (κ1) is 74.2. The van der Waals surface area contributed by atoms with Gasteiger partial charge in [0.25, 0.3) is 23.6 Å². The monoisotopic (exact) mass is 1530 g/mol. The van der Waals surface area contributed by atoms with Crippen molar-refractivity contribution in [2.45, 2.75) is 122 Å². The molecule has 7 aliphatic rings. The zero-order chi connectivity index (χ0) is 77.6. The average Bonchev–Trinajstić information content (AvgIpc) is 1.59. The molecular weight excluding hydrogens is 1450 g/mol. The van der Waals surface area contributed by atoms with Crippen LogP contribution in [0.15, 0.2) is 179 Å². The molecule has 4 amide bonds. The minimum Gasteiger partial charge on any atom is -0.393 e. The standard InChI is InChI=1S/2C22H23N3O3S.C22H21N3O3.C19H16FN3O2/c1-13-20(14(2)28-24-13)15-3-4-19-18(11-15)22(21(27)23-19,16-7-10-29-12-16)25-8-5-17(26)6-9-25;1-13-20(14(2)28-24-13)15-5-6-19-18(10-15)22(21(27)23-19,16-7-9-29-12-16)25-8-3-4-17(26)11-25;1-13-20(14(2)28-24-13)15-8-9-19-18(10-15)22(21(27)23-19,25-11-17(26)12-25)16-6-4-3-5-7-16;1-10-17(11(2)25-23-10)12-3-8-16-15(9-12)19(21,18(24)22-16)13-4-6-14(20)7-5-13/h3-4,7,10-12,17,26H,5-6,8-9H2,1-2H3,(H,23,27);5-7,9-10,12,17,26H,3-4,8,11H2,1-2H3,(H,23,27);3-10,17,26H,11-12H2,1-2H3,(H,23,27);3-9H,21H2,1-2H3,(H,22,24). The van der Waals surface area contributed by atoms with E-state index in [0.717, 1.165) is 154 Å². The number of hydrogen-bond acceptors (Lipinski definition) is 21. The van der Waals surface area contributed by atoms with Crippen LogP contribution in [0.1, 0.15) is 116 Å². The van der Waals surface area contributed by atoms with E-state index >= 15 is 0 Å². The number of piperidine rings is 2. The summed E-state index contributed by atoms with van der Waals surface area (Å²) in [4.78, 5) is 59.4. The number of anilines is 4. The number of amides is 4. The third-order valence-corrected chi connectivity index (χ3v) is 24.2. The topological polar surface area (TPSA) is 317 Å². The number of β-amino-alcohol motifs (C(OH)–C–C–N with tert-alkyl or cyclic N) is 2. The van der Waals surface area contributed by atoms with Crippen molar-refractivity contribution in [1.82, 2.24) is 35.3 Å². The van der Waals surface area contributed by atoms with Crippen LogP contribution >= 0.6 is 22.7 Å². The van der Waals surface area contributed by atoms with E-state index in [1.54, 1.807) is 22.7 Å². The summed E-state index contributed by atoms with van der Waals surface area (Å²) in [6.45, 7) is 18.6. The van der Waals surface area contributed by atoms with Crippen LogP contribution in [0.2, 0.25) is 0 Å². The number of hydrogen-bond donors (Lipinski definition) is 8. The Hall–Kier alpha value is -10.9. The first-order valence-electron chi connectivity index (χ1n) is 37.0. The second kappa shape index (κ2) is 29.1. The van der Waals surface area contributed by atoms with Gasteiger partial charge in [-0.2, -0.15) is 22.7 Å². The molecule has 0 aliphatic carbocycles. The number of fused-ring (bicyclic) bond motifs is 4. The summed E-state index contributed by atoms with van der Waals surface area (Å²) in [5.41, 5.74) is 23.0. The molecule has 111 heavy (non-hydrogen) atoms. The first-order chi connectivity index (χ1) is 53.4. The number of carbonyl (C=O) groups is 4. The highest BCUT2D eigenvalue weighted by Gasteiger charge is 2.58. The summed E-state index contributed by atoms with van der Waals surface area (Å²) in [6, 6.07) is 43.2. The number of carbonyl (C=O) groups excluding carboxylic acids is 4. The quantitative estimate of drug-likeness (QED) is 0.0596. The summed E-state index contributed by atoms with van der Waals surface area (Å²) in [6.07, 6.45) is 1.81. The zero-order valence-corrected chi connectivity index (χ0v) is 64.0. The van der Waals surface area contributed by atoms with Gasteiger partial charge in [0, 0.05) is 107 Å². The Labute approximate surface area is 647 Å². The second-order valence-electron chi connectivity index (χ2n) is 29.5. The molecule has 6 aromatic carbocycles. The van der Waals surface area contributed by atoms with E-state index < -0.39 is 34.4 Å². The molecule has 12 aromatic rings. The van der Waals surface area contributed by atoms with Gasteiger partial charge in [0.1, 0.15) is 34.4 Å². The van der Waals surface area contributed by atoms with E-state index in [2.05, 4.69) is 75.3 Å². The van der Waals surface area contributed by atoms with Gasteiger partial charge in [0.15, 0.2) is 16.6 Å². The minimum atomic E-state index is -1.38. The molecular formula is C85H83FN12O11S2. The van der Waals surface area contributed by atoms with Gasteiger partial charge in [-0.05, 0) is 220 Å². The van der Waals surface area contributed by atoms with E-state index in [-0.39, 0.29) is 35.5 Å². The van der Waals surface area contributed by atoms with Crippen LogP contribution in [0.3, 0.4) is 0 Å². The lowest BCUT2D eigenvalue weighted by atomic mass is 9.79. The van der Waals surface area contributed by atoms with Gasteiger partial charge in [-0.25, -0.2) is 4.39 Å². The van der Waals surface area contributed by atoms with Crippen LogP contribution in [0.4, 0.5) is 27.1 Å². The van der Waals surface area contributed by atoms with Crippen LogP contribution in [0.5, 0.6) is 0 Å². The molecule has 0 radical (unpaired) electrons. The Bertz CT molecular complexity index is 5490.